The molecule has 0 aliphatic rings. The lowest BCUT2D eigenvalue weighted by Gasteiger charge is -2.15. The minimum Gasteiger partial charge on any atom is -0.497 e. The number of hydrogen-bond acceptors (Lipinski definition) is 5. The summed E-state index contributed by atoms with van der Waals surface area (Å²) in [4.78, 5) is 6.14. The van der Waals surface area contributed by atoms with E-state index in [4.69, 9.17) is 19.2 Å². The van der Waals surface area contributed by atoms with Gasteiger partial charge >= 0.3 is 0 Å². The molecule has 2 heterocycles. The minimum absolute atomic E-state index is 0.180. The van der Waals surface area contributed by atoms with Gasteiger partial charge in [-0.3, -0.25) is 0 Å². The van der Waals surface area contributed by atoms with Crippen molar-refractivity contribution in [2.75, 3.05) is 14.2 Å². The van der Waals surface area contributed by atoms with Gasteiger partial charge in [0.2, 0.25) is 0 Å². The molecule has 0 aliphatic heterocycles. The van der Waals surface area contributed by atoms with Gasteiger partial charge in [-0.2, -0.15) is 0 Å². The monoisotopic (exact) mass is 432 g/mol. The number of rotatable bonds is 8. The van der Waals surface area contributed by atoms with E-state index in [-0.39, 0.29) is 6.23 Å². The highest BCUT2D eigenvalue weighted by Crippen LogP contribution is 2.41. The molecule has 0 fully saturated rings. The largest absolute Gasteiger partial charge is 0.497 e. The SMILES string of the molecule is C=COC(C)n1cccc1-c1nc(-c2ccc(OC)cc2)c(-c2ccc(OC)cc2)s1. The lowest BCUT2D eigenvalue weighted by molar-refractivity contribution is 0.101. The normalized spacial score (nSPS) is 11.7. The fraction of sp³-hybridized carbons (Fsp3) is 0.160. The third-order valence-electron chi connectivity index (χ3n) is 5.03. The van der Waals surface area contributed by atoms with E-state index < -0.39 is 0 Å². The molecular weight excluding hydrogens is 408 g/mol. The van der Waals surface area contributed by atoms with Gasteiger partial charge in [0.05, 0.1) is 36.7 Å². The lowest BCUT2D eigenvalue weighted by Crippen LogP contribution is -2.06. The molecule has 6 heteroatoms. The summed E-state index contributed by atoms with van der Waals surface area (Å²) >= 11 is 1.65. The molecule has 0 radical (unpaired) electrons. The first-order valence-corrected chi connectivity index (χ1v) is 10.7. The Morgan fingerprint density at radius 2 is 1.55 bits per heavy atom. The van der Waals surface area contributed by atoms with Crippen molar-refractivity contribution in [1.29, 1.82) is 0 Å². The molecule has 1 unspecified atom stereocenters. The summed E-state index contributed by atoms with van der Waals surface area (Å²) < 4.78 is 18.3. The third-order valence-corrected chi connectivity index (χ3v) is 6.15. The summed E-state index contributed by atoms with van der Waals surface area (Å²) in [5.74, 6) is 1.64. The van der Waals surface area contributed by atoms with Gasteiger partial charge < -0.3 is 18.8 Å². The van der Waals surface area contributed by atoms with Gasteiger partial charge in [0, 0.05) is 11.8 Å². The van der Waals surface area contributed by atoms with Crippen molar-refractivity contribution in [1.82, 2.24) is 9.55 Å². The second-order valence-electron chi connectivity index (χ2n) is 6.86. The van der Waals surface area contributed by atoms with Crippen LogP contribution in [0.3, 0.4) is 0 Å². The highest BCUT2D eigenvalue weighted by Gasteiger charge is 2.19. The molecule has 2 aromatic heterocycles. The van der Waals surface area contributed by atoms with Crippen LogP contribution >= 0.6 is 11.3 Å². The summed E-state index contributed by atoms with van der Waals surface area (Å²) in [6.45, 7) is 5.65. The van der Waals surface area contributed by atoms with Crippen LogP contribution in [-0.4, -0.2) is 23.8 Å². The van der Waals surface area contributed by atoms with Crippen LogP contribution in [0.4, 0.5) is 0 Å². The van der Waals surface area contributed by atoms with Crippen LogP contribution in [0.5, 0.6) is 11.5 Å². The van der Waals surface area contributed by atoms with E-state index >= 15 is 0 Å². The number of hydrogen-bond donors (Lipinski definition) is 0. The third kappa shape index (κ3) is 4.20. The number of ether oxygens (including phenoxy) is 3. The number of thiazole rings is 1. The Morgan fingerprint density at radius 3 is 2.13 bits per heavy atom. The number of aromatic nitrogens is 2. The van der Waals surface area contributed by atoms with Crippen molar-refractivity contribution >= 4 is 11.3 Å². The van der Waals surface area contributed by atoms with Gasteiger partial charge in [-0.15, -0.1) is 11.3 Å². The zero-order chi connectivity index (χ0) is 21.8. The molecular formula is C25H24N2O3S. The maximum atomic E-state index is 5.58. The lowest BCUT2D eigenvalue weighted by atomic mass is 10.1. The maximum Gasteiger partial charge on any atom is 0.172 e. The first-order valence-electron chi connectivity index (χ1n) is 9.88. The molecule has 0 bridgehead atoms. The second-order valence-corrected chi connectivity index (χ2v) is 7.86. The predicted octanol–water partition coefficient (Wildman–Crippen LogP) is 6.64. The molecule has 0 saturated carbocycles. The molecule has 0 N–H and O–H groups in total. The van der Waals surface area contributed by atoms with E-state index in [0.29, 0.717) is 0 Å². The molecule has 31 heavy (non-hydrogen) atoms. The topological polar surface area (TPSA) is 45.5 Å². The van der Waals surface area contributed by atoms with Gasteiger partial charge in [-0.05, 0) is 73.2 Å². The van der Waals surface area contributed by atoms with E-state index in [1.807, 2.05) is 55.6 Å². The average molecular weight is 433 g/mol. The zero-order valence-corrected chi connectivity index (χ0v) is 18.6. The highest BCUT2D eigenvalue weighted by atomic mass is 32.1. The molecule has 0 amide bonds. The van der Waals surface area contributed by atoms with Crippen LogP contribution in [0.1, 0.15) is 13.2 Å². The van der Waals surface area contributed by atoms with Crippen LogP contribution in [-0.2, 0) is 4.74 Å². The van der Waals surface area contributed by atoms with Gasteiger partial charge in [0.25, 0.3) is 0 Å². The minimum atomic E-state index is -0.180. The van der Waals surface area contributed by atoms with Crippen molar-refractivity contribution in [2.45, 2.75) is 13.2 Å². The first kappa shape index (κ1) is 20.8. The molecule has 1 atom stereocenters. The summed E-state index contributed by atoms with van der Waals surface area (Å²) in [6, 6.07) is 20.1. The van der Waals surface area contributed by atoms with Crippen LogP contribution in [0, 0.1) is 0 Å². The quantitative estimate of drug-likeness (QED) is 0.293. The molecule has 0 spiro atoms. The standard InChI is InChI=1S/C25H24N2O3S/c1-5-30-17(2)27-16-6-7-22(27)25-26-23(18-8-12-20(28-3)13-9-18)24(31-25)19-10-14-21(29-4)15-11-19/h5-17H,1H2,2-4H3. The number of benzene rings is 2. The number of methoxy groups -OCH3 is 2. The second kappa shape index (κ2) is 9.10. The Morgan fingerprint density at radius 1 is 0.935 bits per heavy atom. The smallest absolute Gasteiger partial charge is 0.172 e. The first-order chi connectivity index (χ1) is 15.1. The summed E-state index contributed by atoms with van der Waals surface area (Å²) in [5.41, 5.74) is 4.04. The van der Waals surface area contributed by atoms with E-state index in [1.54, 1.807) is 25.6 Å². The van der Waals surface area contributed by atoms with Gasteiger partial charge in [0.15, 0.2) is 6.23 Å². The molecule has 5 nitrogen and oxygen atoms in total. The molecule has 0 saturated heterocycles. The van der Waals surface area contributed by atoms with Crippen molar-refractivity contribution in [3.05, 3.63) is 79.7 Å². The van der Waals surface area contributed by atoms with Crippen LogP contribution in [0.15, 0.2) is 79.7 Å². The van der Waals surface area contributed by atoms with Crippen molar-refractivity contribution in [3.63, 3.8) is 0 Å². The zero-order valence-electron chi connectivity index (χ0n) is 17.7. The fourth-order valence-electron chi connectivity index (χ4n) is 3.41. The molecule has 2 aromatic carbocycles. The van der Waals surface area contributed by atoms with E-state index in [9.17, 15) is 0 Å². The average Bonchev–Trinajstić information content (AvgIpc) is 3.47. The predicted molar refractivity (Wildman–Crippen MR) is 126 cm³/mol. The van der Waals surface area contributed by atoms with E-state index in [1.165, 1.54) is 6.26 Å². The Kier molecular flexibility index (Phi) is 6.09. The Bertz CT molecular complexity index is 1100. The van der Waals surface area contributed by atoms with E-state index in [2.05, 4.69) is 29.3 Å². The van der Waals surface area contributed by atoms with Gasteiger partial charge in [0.1, 0.15) is 16.5 Å². The number of nitrogens with zero attached hydrogens (tertiary/aromatic N) is 2. The van der Waals surface area contributed by atoms with Crippen LogP contribution in [0.2, 0.25) is 0 Å². The van der Waals surface area contributed by atoms with Crippen molar-refractivity contribution in [3.8, 4) is 43.9 Å². The van der Waals surface area contributed by atoms with Gasteiger partial charge in [-0.25, -0.2) is 4.98 Å². The summed E-state index contributed by atoms with van der Waals surface area (Å²) in [6.07, 6.45) is 3.27. The fourth-order valence-corrected chi connectivity index (χ4v) is 4.53. The summed E-state index contributed by atoms with van der Waals surface area (Å²) in [5, 5.41) is 0.918. The van der Waals surface area contributed by atoms with E-state index in [0.717, 1.165) is 43.9 Å². The van der Waals surface area contributed by atoms with Crippen molar-refractivity contribution < 1.29 is 14.2 Å². The van der Waals surface area contributed by atoms with Crippen LogP contribution < -0.4 is 9.47 Å². The Balaban J connectivity index is 1.84. The highest BCUT2D eigenvalue weighted by molar-refractivity contribution is 7.18. The molecule has 4 rings (SSSR count). The van der Waals surface area contributed by atoms with Crippen LogP contribution in [0.25, 0.3) is 32.4 Å². The maximum absolute atomic E-state index is 5.58. The van der Waals surface area contributed by atoms with Crippen molar-refractivity contribution in [2.24, 2.45) is 0 Å². The Hall–Kier alpha value is -3.51. The Labute approximate surface area is 186 Å². The molecule has 0 aliphatic carbocycles. The summed E-state index contributed by atoms with van der Waals surface area (Å²) in [7, 11) is 3.34. The molecule has 4 aromatic rings. The molecule has 158 valence electrons. The van der Waals surface area contributed by atoms with Gasteiger partial charge in [-0.1, -0.05) is 6.58 Å².